The Bertz CT molecular complexity index is 1130. The van der Waals surface area contributed by atoms with Gasteiger partial charge < -0.3 is 19.5 Å². The zero-order valence-electron chi connectivity index (χ0n) is 23.5. The van der Waals surface area contributed by atoms with E-state index in [1.165, 1.54) is 4.90 Å². The van der Waals surface area contributed by atoms with Gasteiger partial charge in [-0.2, -0.15) is 0 Å². The quantitative estimate of drug-likeness (QED) is 0.471. The zero-order chi connectivity index (χ0) is 28.1. The molecule has 0 spiro atoms. The number of aryl methyl sites for hydroxylation is 1. The van der Waals surface area contributed by atoms with E-state index in [1.807, 2.05) is 36.4 Å². The van der Waals surface area contributed by atoms with E-state index in [9.17, 15) is 19.5 Å². The van der Waals surface area contributed by atoms with Gasteiger partial charge in [0.25, 0.3) is 0 Å². The first-order chi connectivity index (χ1) is 17.7. The van der Waals surface area contributed by atoms with Crippen molar-refractivity contribution < 1.29 is 29.0 Å². The Kier molecular flexibility index (Phi) is 9.23. The topological polar surface area (TPSA) is 93.1 Å². The van der Waals surface area contributed by atoms with Crippen LogP contribution in [0.25, 0.3) is 0 Å². The van der Waals surface area contributed by atoms with Crippen molar-refractivity contribution in [3.8, 4) is 5.75 Å². The number of nitrogens with zero attached hydrogens (tertiary/aromatic N) is 1. The van der Waals surface area contributed by atoms with Crippen LogP contribution in [0, 0.1) is 0 Å². The number of ether oxygens (including phenoxy) is 2. The Morgan fingerprint density at radius 3 is 2.26 bits per heavy atom. The second-order valence-corrected chi connectivity index (χ2v) is 12.0. The smallest absolute Gasteiger partial charge is 0.329 e. The summed E-state index contributed by atoms with van der Waals surface area (Å²) in [6.45, 7) is 10.3. The monoisotopic (exact) mass is 523 g/mol. The predicted molar refractivity (Wildman–Crippen MR) is 146 cm³/mol. The molecule has 0 aromatic heterocycles. The number of fused-ring (bicyclic) bond motifs is 1. The van der Waals surface area contributed by atoms with Gasteiger partial charge in [0.2, 0.25) is 5.91 Å². The lowest BCUT2D eigenvalue weighted by atomic mass is 9.80. The van der Waals surface area contributed by atoms with E-state index in [4.69, 9.17) is 9.47 Å². The Labute approximate surface area is 226 Å². The number of esters is 2. The van der Waals surface area contributed by atoms with Crippen molar-refractivity contribution >= 4 is 17.8 Å². The molecule has 0 radical (unpaired) electrons. The maximum atomic E-state index is 14.0. The summed E-state index contributed by atoms with van der Waals surface area (Å²) in [6.07, 6.45) is 2.87. The molecule has 7 nitrogen and oxygen atoms in total. The molecule has 7 heteroatoms. The van der Waals surface area contributed by atoms with Crippen molar-refractivity contribution in [3.63, 3.8) is 0 Å². The highest BCUT2D eigenvalue weighted by Gasteiger charge is 2.37. The van der Waals surface area contributed by atoms with Crippen LogP contribution in [0.15, 0.2) is 48.5 Å². The Hall–Kier alpha value is -3.35. The van der Waals surface area contributed by atoms with Crippen molar-refractivity contribution in [3.05, 3.63) is 65.2 Å². The predicted octanol–water partition coefficient (Wildman–Crippen LogP) is 5.33. The Morgan fingerprint density at radius 1 is 0.974 bits per heavy atom. The highest BCUT2D eigenvalue weighted by Crippen LogP contribution is 2.36. The number of benzene rings is 2. The molecule has 1 aliphatic rings. The van der Waals surface area contributed by atoms with Crippen LogP contribution in [0.3, 0.4) is 0 Å². The van der Waals surface area contributed by atoms with Gasteiger partial charge in [0.1, 0.15) is 29.5 Å². The summed E-state index contributed by atoms with van der Waals surface area (Å²) < 4.78 is 11.3. The lowest BCUT2D eigenvalue weighted by Crippen LogP contribution is -2.51. The van der Waals surface area contributed by atoms with E-state index in [0.717, 1.165) is 36.0 Å². The van der Waals surface area contributed by atoms with E-state index in [1.54, 1.807) is 53.7 Å². The van der Waals surface area contributed by atoms with E-state index in [-0.39, 0.29) is 37.0 Å². The number of hydrogen-bond donors (Lipinski definition) is 1. The maximum absolute atomic E-state index is 14.0. The fourth-order valence-corrected chi connectivity index (χ4v) is 4.85. The first-order valence-corrected chi connectivity index (χ1v) is 13.3. The molecule has 0 heterocycles. The number of carbonyl (C=O) groups excluding carboxylic acids is 3. The van der Waals surface area contributed by atoms with Gasteiger partial charge in [-0.15, -0.1) is 0 Å². The van der Waals surface area contributed by atoms with Crippen LogP contribution in [-0.4, -0.2) is 51.6 Å². The molecule has 2 atom stereocenters. The molecule has 0 saturated carbocycles. The lowest BCUT2D eigenvalue weighted by molar-refractivity contribution is -0.169. The Balaban J connectivity index is 1.95. The zero-order valence-corrected chi connectivity index (χ0v) is 23.5. The van der Waals surface area contributed by atoms with Crippen LogP contribution >= 0.6 is 0 Å². The van der Waals surface area contributed by atoms with Crippen molar-refractivity contribution in [1.29, 1.82) is 0 Å². The van der Waals surface area contributed by atoms with Gasteiger partial charge in [-0.1, -0.05) is 36.4 Å². The van der Waals surface area contributed by atoms with Gasteiger partial charge in [-0.3, -0.25) is 9.59 Å². The molecular formula is C31H41NO6. The third kappa shape index (κ3) is 8.61. The standard InChI is InChI=1S/C31H41NO6/c1-30(2,3)37-28(35)20-32(26(29(36)38-31(4,5)6)17-21-11-8-7-9-12-21)27(34)19-23-14-10-13-22-18-24(33)15-16-25(22)23/h7-9,11-12,15-16,18,23,26,33H,10,13-14,17,19-20H2,1-6H3/t23?,26-/m0/s1. The minimum absolute atomic E-state index is 0.0796. The van der Waals surface area contributed by atoms with Crippen LogP contribution in [0.4, 0.5) is 0 Å². The third-order valence-corrected chi connectivity index (χ3v) is 6.35. The van der Waals surface area contributed by atoms with Gasteiger partial charge in [-0.25, -0.2) is 4.79 Å². The SMILES string of the molecule is CC(C)(C)OC(=O)CN(C(=O)CC1CCCc2cc(O)ccc21)[C@@H](Cc1ccccc1)C(=O)OC(C)(C)C. The normalized spacial score (nSPS) is 16.2. The van der Waals surface area contributed by atoms with Gasteiger partial charge in [0.15, 0.2) is 0 Å². The average Bonchev–Trinajstić information content (AvgIpc) is 2.79. The van der Waals surface area contributed by atoms with E-state index < -0.39 is 29.2 Å². The van der Waals surface area contributed by atoms with Crippen LogP contribution < -0.4 is 0 Å². The number of phenolic OH excluding ortho intramolecular Hbond substituents is 1. The molecule has 0 bridgehead atoms. The minimum Gasteiger partial charge on any atom is -0.508 e. The highest BCUT2D eigenvalue weighted by atomic mass is 16.6. The van der Waals surface area contributed by atoms with Crippen LogP contribution in [0.5, 0.6) is 5.75 Å². The molecule has 1 N–H and O–H groups in total. The number of amides is 1. The summed E-state index contributed by atoms with van der Waals surface area (Å²) in [5.41, 5.74) is 1.40. The molecule has 1 aliphatic carbocycles. The van der Waals surface area contributed by atoms with Crippen LogP contribution in [-0.2, 0) is 36.7 Å². The molecule has 206 valence electrons. The fraction of sp³-hybridized carbons (Fsp3) is 0.516. The van der Waals surface area contributed by atoms with Gasteiger partial charge >= 0.3 is 11.9 Å². The van der Waals surface area contributed by atoms with Gasteiger partial charge in [0, 0.05) is 12.8 Å². The molecule has 38 heavy (non-hydrogen) atoms. The number of hydrogen-bond acceptors (Lipinski definition) is 6. The summed E-state index contributed by atoms with van der Waals surface area (Å²) in [4.78, 5) is 41.8. The van der Waals surface area contributed by atoms with Gasteiger partial charge in [0.05, 0.1) is 0 Å². The average molecular weight is 524 g/mol. The molecule has 0 saturated heterocycles. The second-order valence-electron chi connectivity index (χ2n) is 12.0. The summed E-state index contributed by atoms with van der Waals surface area (Å²) in [7, 11) is 0. The first-order valence-electron chi connectivity index (χ1n) is 13.3. The summed E-state index contributed by atoms with van der Waals surface area (Å²) in [5, 5.41) is 9.93. The minimum atomic E-state index is -1.00. The fourth-order valence-electron chi connectivity index (χ4n) is 4.85. The van der Waals surface area contributed by atoms with Crippen molar-refractivity contribution in [2.75, 3.05) is 6.54 Å². The number of rotatable bonds is 8. The van der Waals surface area contributed by atoms with E-state index in [2.05, 4.69) is 0 Å². The number of carbonyl (C=O) groups is 3. The maximum Gasteiger partial charge on any atom is 0.329 e. The van der Waals surface area contributed by atoms with Crippen molar-refractivity contribution in [1.82, 2.24) is 4.90 Å². The molecule has 1 unspecified atom stereocenters. The molecule has 0 fully saturated rings. The lowest BCUT2D eigenvalue weighted by Gasteiger charge is -2.34. The second kappa shape index (κ2) is 12.0. The molecular weight excluding hydrogens is 482 g/mol. The molecule has 2 aromatic carbocycles. The van der Waals surface area contributed by atoms with Gasteiger partial charge in [-0.05, 0) is 95.5 Å². The number of aromatic hydroxyl groups is 1. The highest BCUT2D eigenvalue weighted by molar-refractivity contribution is 5.88. The summed E-state index contributed by atoms with van der Waals surface area (Å²) >= 11 is 0. The summed E-state index contributed by atoms with van der Waals surface area (Å²) in [6, 6.07) is 13.7. The largest absolute Gasteiger partial charge is 0.508 e. The van der Waals surface area contributed by atoms with E-state index >= 15 is 0 Å². The van der Waals surface area contributed by atoms with E-state index in [0.29, 0.717) is 0 Å². The first kappa shape index (κ1) is 29.2. The number of phenols is 1. The van der Waals surface area contributed by atoms with Crippen LogP contribution in [0.1, 0.15) is 83.4 Å². The molecule has 2 aromatic rings. The van der Waals surface area contributed by atoms with Crippen LogP contribution in [0.2, 0.25) is 0 Å². The third-order valence-electron chi connectivity index (χ3n) is 6.35. The molecule has 0 aliphatic heterocycles. The van der Waals surface area contributed by atoms with Crippen molar-refractivity contribution in [2.45, 2.75) is 96.8 Å². The summed E-state index contributed by atoms with van der Waals surface area (Å²) in [5.74, 6) is -1.33. The van der Waals surface area contributed by atoms with Crippen molar-refractivity contribution in [2.24, 2.45) is 0 Å². The molecule has 1 amide bonds. The molecule has 3 rings (SSSR count). The Morgan fingerprint density at radius 2 is 1.63 bits per heavy atom.